The van der Waals surface area contributed by atoms with Crippen LogP contribution in [0.25, 0.3) is 0 Å². The van der Waals surface area contributed by atoms with Gasteiger partial charge in [-0.3, -0.25) is 14.4 Å². The summed E-state index contributed by atoms with van der Waals surface area (Å²) >= 11 is 0. The van der Waals surface area contributed by atoms with E-state index >= 15 is 0 Å². The number of benzene rings is 1. The summed E-state index contributed by atoms with van der Waals surface area (Å²) in [6, 6.07) is 7.54. The van der Waals surface area contributed by atoms with Gasteiger partial charge in [-0.25, -0.2) is 0 Å². The van der Waals surface area contributed by atoms with Crippen molar-refractivity contribution in [2.24, 2.45) is 5.92 Å². The van der Waals surface area contributed by atoms with E-state index < -0.39 is 18.0 Å². The Labute approximate surface area is 147 Å². The molecule has 7 heteroatoms. The van der Waals surface area contributed by atoms with Gasteiger partial charge in [-0.05, 0) is 26.0 Å². The molecule has 0 radical (unpaired) electrons. The van der Waals surface area contributed by atoms with Crippen LogP contribution in [0.5, 0.6) is 0 Å². The van der Waals surface area contributed by atoms with Gasteiger partial charge in [0.25, 0.3) is 5.91 Å². The minimum atomic E-state index is -0.909. The average molecular weight is 348 g/mol. The molecule has 25 heavy (non-hydrogen) atoms. The Balaban J connectivity index is 1.89. The van der Waals surface area contributed by atoms with Crippen LogP contribution in [0.1, 0.15) is 18.9 Å². The lowest BCUT2D eigenvalue weighted by Crippen LogP contribution is -2.38. The summed E-state index contributed by atoms with van der Waals surface area (Å²) in [5.41, 5.74) is 1.86. The van der Waals surface area contributed by atoms with Crippen molar-refractivity contribution in [3.05, 3.63) is 29.8 Å². The second-order valence-corrected chi connectivity index (χ2v) is 6.10. The second kappa shape index (κ2) is 8.62. The van der Waals surface area contributed by atoms with Crippen LogP contribution in [-0.2, 0) is 23.9 Å². The Kier molecular flexibility index (Phi) is 6.52. The van der Waals surface area contributed by atoms with E-state index in [0.717, 1.165) is 11.3 Å². The third kappa shape index (κ3) is 5.03. The van der Waals surface area contributed by atoms with Gasteiger partial charge in [0, 0.05) is 32.3 Å². The predicted molar refractivity (Wildman–Crippen MR) is 92.1 cm³/mol. The number of nitrogens with zero attached hydrogens (tertiary/aromatic N) is 1. The fourth-order valence-electron chi connectivity index (χ4n) is 2.58. The molecule has 1 saturated heterocycles. The minimum Gasteiger partial charge on any atom is -0.452 e. The number of aryl methyl sites for hydroxylation is 1. The van der Waals surface area contributed by atoms with Crippen molar-refractivity contribution in [1.29, 1.82) is 0 Å². The van der Waals surface area contributed by atoms with Gasteiger partial charge < -0.3 is 19.7 Å². The van der Waals surface area contributed by atoms with Gasteiger partial charge in [-0.15, -0.1) is 0 Å². The first-order chi connectivity index (χ1) is 11.9. The molecule has 2 atom stereocenters. The van der Waals surface area contributed by atoms with Gasteiger partial charge in [-0.2, -0.15) is 0 Å². The number of hydrogen-bond acceptors (Lipinski definition) is 5. The third-order valence-electron chi connectivity index (χ3n) is 4.07. The van der Waals surface area contributed by atoms with E-state index in [9.17, 15) is 14.4 Å². The number of carbonyl (C=O) groups excluding carboxylic acids is 3. The quantitative estimate of drug-likeness (QED) is 0.588. The molecule has 1 aromatic carbocycles. The van der Waals surface area contributed by atoms with Crippen LogP contribution in [0.4, 0.5) is 5.69 Å². The van der Waals surface area contributed by atoms with Gasteiger partial charge in [0.2, 0.25) is 5.91 Å². The summed E-state index contributed by atoms with van der Waals surface area (Å²) in [6.45, 7) is 4.47. The first-order valence-electron chi connectivity index (χ1n) is 8.26. The van der Waals surface area contributed by atoms with Crippen LogP contribution in [0.3, 0.4) is 0 Å². The Bertz CT molecular complexity index is 629. The fraction of sp³-hybridized carbons (Fsp3) is 0.500. The molecule has 7 nitrogen and oxygen atoms in total. The highest BCUT2D eigenvalue weighted by Crippen LogP contribution is 2.26. The zero-order valence-electron chi connectivity index (χ0n) is 14.8. The average Bonchev–Trinajstić information content (AvgIpc) is 2.97. The number of carbonyl (C=O) groups is 3. The van der Waals surface area contributed by atoms with Crippen LogP contribution in [-0.4, -0.2) is 50.7 Å². The number of nitrogens with one attached hydrogen (secondary N) is 1. The van der Waals surface area contributed by atoms with Crippen LogP contribution < -0.4 is 10.2 Å². The highest BCUT2D eigenvalue weighted by atomic mass is 16.5. The maximum absolute atomic E-state index is 12.3. The number of esters is 1. The van der Waals surface area contributed by atoms with E-state index in [2.05, 4.69) is 5.32 Å². The number of amides is 2. The van der Waals surface area contributed by atoms with Crippen molar-refractivity contribution in [3.63, 3.8) is 0 Å². The van der Waals surface area contributed by atoms with E-state index in [0.29, 0.717) is 13.2 Å². The molecule has 1 heterocycles. The molecule has 1 fully saturated rings. The van der Waals surface area contributed by atoms with E-state index in [1.54, 1.807) is 4.90 Å². The van der Waals surface area contributed by atoms with E-state index in [1.165, 1.54) is 14.0 Å². The lowest BCUT2D eigenvalue weighted by atomic mass is 10.1. The van der Waals surface area contributed by atoms with Crippen LogP contribution in [0.2, 0.25) is 0 Å². The number of methoxy groups -OCH3 is 1. The zero-order chi connectivity index (χ0) is 18.4. The van der Waals surface area contributed by atoms with Gasteiger partial charge in [0.1, 0.15) is 0 Å². The highest BCUT2D eigenvalue weighted by molar-refractivity contribution is 5.99. The Morgan fingerprint density at radius 2 is 2.00 bits per heavy atom. The molecule has 0 aliphatic carbocycles. The standard InChI is InChI=1S/C18H24N2O5/c1-12-4-6-15(7-5-12)20-11-14(10-16(20)21)18(23)25-13(2)17(22)19-8-9-24-3/h4-7,13-14H,8-11H2,1-3H3,(H,19,22)/t13-,14+/m0/s1. The van der Waals surface area contributed by atoms with Crippen LogP contribution >= 0.6 is 0 Å². The third-order valence-corrected chi connectivity index (χ3v) is 4.07. The zero-order valence-corrected chi connectivity index (χ0v) is 14.8. The summed E-state index contributed by atoms with van der Waals surface area (Å²) in [5.74, 6) is -1.60. The van der Waals surface area contributed by atoms with Crippen molar-refractivity contribution >= 4 is 23.5 Å². The molecule has 0 unspecified atom stereocenters. The lowest BCUT2D eigenvalue weighted by Gasteiger charge is -2.18. The molecular weight excluding hydrogens is 324 g/mol. The molecule has 2 amide bonds. The summed E-state index contributed by atoms with van der Waals surface area (Å²) in [7, 11) is 1.53. The van der Waals surface area contributed by atoms with Crippen molar-refractivity contribution in [2.75, 3.05) is 31.7 Å². The molecule has 2 rings (SSSR count). The molecule has 0 saturated carbocycles. The van der Waals surface area contributed by atoms with Crippen molar-refractivity contribution in [1.82, 2.24) is 5.32 Å². The molecule has 1 aliphatic heterocycles. The molecule has 0 bridgehead atoms. The minimum absolute atomic E-state index is 0.0880. The molecule has 1 N–H and O–H groups in total. The SMILES string of the molecule is COCCNC(=O)[C@H](C)OC(=O)[C@@H]1CC(=O)N(c2ccc(C)cc2)C1. The predicted octanol–water partition coefficient (Wildman–Crippen LogP) is 1.04. The molecule has 0 spiro atoms. The van der Waals surface area contributed by atoms with Gasteiger partial charge in [-0.1, -0.05) is 17.7 Å². The van der Waals surface area contributed by atoms with E-state index in [4.69, 9.17) is 9.47 Å². The Hall–Kier alpha value is -2.41. The van der Waals surface area contributed by atoms with E-state index in [-0.39, 0.29) is 24.8 Å². The molecule has 1 aromatic rings. The molecule has 0 aromatic heterocycles. The maximum atomic E-state index is 12.3. The largest absolute Gasteiger partial charge is 0.452 e. The number of rotatable bonds is 7. The first kappa shape index (κ1) is 18.9. The Morgan fingerprint density at radius 1 is 1.32 bits per heavy atom. The molecule has 136 valence electrons. The normalized spacial score (nSPS) is 18.1. The summed E-state index contributed by atoms with van der Waals surface area (Å²) in [5, 5.41) is 2.61. The van der Waals surface area contributed by atoms with Crippen LogP contribution in [0.15, 0.2) is 24.3 Å². The number of ether oxygens (including phenoxy) is 2. The van der Waals surface area contributed by atoms with Crippen LogP contribution in [0, 0.1) is 12.8 Å². The smallest absolute Gasteiger partial charge is 0.312 e. The van der Waals surface area contributed by atoms with Crippen molar-refractivity contribution in [3.8, 4) is 0 Å². The highest BCUT2D eigenvalue weighted by Gasteiger charge is 2.37. The Morgan fingerprint density at radius 3 is 2.64 bits per heavy atom. The number of hydrogen-bond donors (Lipinski definition) is 1. The number of anilines is 1. The van der Waals surface area contributed by atoms with E-state index in [1.807, 2.05) is 31.2 Å². The first-order valence-corrected chi connectivity index (χ1v) is 8.26. The second-order valence-electron chi connectivity index (χ2n) is 6.10. The fourth-order valence-corrected chi connectivity index (χ4v) is 2.58. The molecule has 1 aliphatic rings. The lowest BCUT2D eigenvalue weighted by molar-refractivity contribution is -0.158. The topological polar surface area (TPSA) is 84.9 Å². The summed E-state index contributed by atoms with van der Waals surface area (Å²) in [6.07, 6.45) is -0.821. The maximum Gasteiger partial charge on any atom is 0.312 e. The van der Waals surface area contributed by atoms with Crippen molar-refractivity contribution in [2.45, 2.75) is 26.4 Å². The monoisotopic (exact) mass is 348 g/mol. The van der Waals surface area contributed by atoms with Gasteiger partial charge in [0.05, 0.1) is 12.5 Å². The molecular formula is C18H24N2O5. The van der Waals surface area contributed by atoms with Crippen molar-refractivity contribution < 1.29 is 23.9 Å². The van der Waals surface area contributed by atoms with Gasteiger partial charge in [0.15, 0.2) is 6.10 Å². The summed E-state index contributed by atoms with van der Waals surface area (Å²) < 4.78 is 10.0. The summed E-state index contributed by atoms with van der Waals surface area (Å²) in [4.78, 5) is 37.9. The van der Waals surface area contributed by atoms with Gasteiger partial charge >= 0.3 is 5.97 Å².